The predicted molar refractivity (Wildman–Crippen MR) is 362 cm³/mol. The van der Waals surface area contributed by atoms with E-state index in [1.807, 2.05) is 13.8 Å². The molecule has 0 fully saturated rings. The number of carbonyl (C=O) groups excluding carboxylic acids is 9. The van der Waals surface area contributed by atoms with Crippen LogP contribution in [0, 0.1) is 11.8 Å². The highest BCUT2D eigenvalue weighted by Gasteiger charge is 2.47. The summed E-state index contributed by atoms with van der Waals surface area (Å²) in [6.07, 6.45) is 0.298. The average Bonchev–Trinajstić information content (AvgIpc) is 1.63. The van der Waals surface area contributed by atoms with Crippen molar-refractivity contribution in [3.05, 3.63) is 119 Å². The monoisotopic (exact) mass is 1370 g/mol. The highest BCUT2D eigenvalue weighted by molar-refractivity contribution is 6.08. The van der Waals surface area contributed by atoms with Crippen molar-refractivity contribution in [2.24, 2.45) is 17.6 Å². The summed E-state index contributed by atoms with van der Waals surface area (Å²) in [5.41, 5.74) is 9.50. The molecule has 29 nitrogen and oxygen atoms in total. The van der Waals surface area contributed by atoms with Crippen molar-refractivity contribution in [1.29, 1.82) is 0 Å². The zero-order chi connectivity index (χ0) is 71.8. The fraction of sp³-hybridized carbons (Fsp3) is 0.471. The minimum absolute atomic E-state index is 0.0122. The molecule has 0 aromatic heterocycles. The Kier molecular flexibility index (Phi) is 26.2. The number of amides is 9. The summed E-state index contributed by atoms with van der Waals surface area (Å²) >= 11 is 0. The number of rotatable bonds is 31. The van der Waals surface area contributed by atoms with E-state index in [0.29, 0.717) is 55.0 Å². The number of unbranched alkanes of at least 4 members (excludes halogenated alkanes) is 2. The van der Waals surface area contributed by atoms with E-state index in [9.17, 15) is 53.4 Å². The van der Waals surface area contributed by atoms with Gasteiger partial charge in [0.2, 0.25) is 29.5 Å². The number of nitrogens with zero attached hydrogens (tertiary/aromatic N) is 4. The van der Waals surface area contributed by atoms with Gasteiger partial charge in [-0.1, -0.05) is 63.1 Å². The van der Waals surface area contributed by atoms with Gasteiger partial charge in [0, 0.05) is 49.4 Å². The second-order valence-electron chi connectivity index (χ2n) is 25.2. The summed E-state index contributed by atoms with van der Waals surface area (Å²) < 4.78 is 45.8. The molecule has 0 aliphatic carbocycles. The first-order valence-electron chi connectivity index (χ1n) is 32.8. The molecule has 99 heavy (non-hydrogen) atoms. The molecule has 0 saturated heterocycles. The zero-order valence-corrected chi connectivity index (χ0v) is 57.4. The second-order valence-corrected chi connectivity index (χ2v) is 25.2. The fourth-order valence-corrected chi connectivity index (χ4v) is 11.4. The Labute approximate surface area is 574 Å². The molecule has 4 aromatic rings. The number of nitrogens with one attached hydrogen (secondary N) is 5. The Morgan fingerprint density at radius 3 is 1.51 bits per heavy atom. The van der Waals surface area contributed by atoms with E-state index < -0.39 is 90.3 Å². The van der Waals surface area contributed by atoms with Crippen LogP contribution >= 0.6 is 0 Å². The van der Waals surface area contributed by atoms with Crippen molar-refractivity contribution >= 4 is 76.3 Å². The van der Waals surface area contributed by atoms with Crippen LogP contribution in [0.1, 0.15) is 119 Å². The topological polar surface area (TPSA) is 367 Å². The van der Waals surface area contributed by atoms with E-state index in [-0.39, 0.29) is 122 Å². The SMILES string of the molecule is COCCOCCC(=O)N[C@@H](C(=O)NCC(=O)Nc1ccc(COC(=O)N2c3cc(OCCCCCOc4cc5c(cc4OC)C(=O)N4C=C(C)C[C@H]4[C@H](O)N5C(=O)OCc4ccc(NC(=O)[C@@H](C)NC(=O)[C@H](N)C(C)C)cc4)c(OC)cc3C(=O)N3C=C(C)C[C@H]3[C@@H]2O)cc1)C(C)C. The molecule has 0 bridgehead atoms. The van der Waals surface area contributed by atoms with E-state index in [4.69, 9.17) is 43.6 Å². The molecule has 4 aromatic carbocycles. The molecule has 4 aliphatic rings. The van der Waals surface area contributed by atoms with Crippen molar-refractivity contribution in [3.8, 4) is 23.0 Å². The number of aliphatic hydroxyl groups excluding tert-OH is 2. The summed E-state index contributed by atoms with van der Waals surface area (Å²) in [6, 6.07) is 14.4. The van der Waals surface area contributed by atoms with Crippen LogP contribution in [0.2, 0.25) is 0 Å². The predicted octanol–water partition coefficient (Wildman–Crippen LogP) is 6.19. The van der Waals surface area contributed by atoms with E-state index in [2.05, 4.69) is 26.6 Å². The molecule has 9 N–H and O–H groups in total. The van der Waals surface area contributed by atoms with Gasteiger partial charge in [0.1, 0.15) is 25.3 Å². The maximum atomic E-state index is 14.3. The molecule has 4 heterocycles. The molecule has 7 atom stereocenters. The maximum absolute atomic E-state index is 14.3. The van der Waals surface area contributed by atoms with Gasteiger partial charge in [0.15, 0.2) is 35.5 Å². The van der Waals surface area contributed by atoms with Gasteiger partial charge in [-0.3, -0.25) is 33.6 Å². The number of ether oxygens (including phenoxy) is 8. The minimum Gasteiger partial charge on any atom is -0.493 e. The first-order chi connectivity index (χ1) is 47.3. The van der Waals surface area contributed by atoms with Crippen LogP contribution in [-0.2, 0) is 56.1 Å². The lowest BCUT2D eigenvalue weighted by Crippen LogP contribution is -2.51. The molecule has 29 heteroatoms. The minimum atomic E-state index is -1.57. The van der Waals surface area contributed by atoms with Gasteiger partial charge in [0.25, 0.3) is 11.8 Å². The molecule has 8 rings (SSSR count). The molecule has 534 valence electrons. The highest BCUT2D eigenvalue weighted by Crippen LogP contribution is 2.44. The number of methoxy groups -OCH3 is 3. The fourth-order valence-electron chi connectivity index (χ4n) is 11.4. The molecule has 0 radical (unpaired) electrons. The number of benzene rings is 4. The van der Waals surface area contributed by atoms with Gasteiger partial charge >= 0.3 is 12.2 Å². The largest absolute Gasteiger partial charge is 0.493 e. The van der Waals surface area contributed by atoms with Crippen molar-refractivity contribution in [2.45, 2.75) is 143 Å². The number of hydrogen-bond acceptors (Lipinski definition) is 20. The highest BCUT2D eigenvalue weighted by atomic mass is 16.6. The standard InChI is InChI=1S/C70H90N10O19/c1-39(2)60(71)63(84)73-43(7)62(83)75-47-20-16-45(17-21-47)38-99-70(91)80-51-33-57(55(94-10)31-49(51)66(87)78-36-42(6)29-53(78)68(80)89)97-24-13-11-12-23-96-56-32-50-48(30-54(56)93-9)65(86)77-35-41(5)28-52(77)67(88)79(50)69(90)98-37-44-14-18-46(19-15-44)74-59(82)34-72-64(85)61(40(3)4)76-58(81)22-25-95-27-26-92-8/h14-21,30-33,35-36,39-40,43,52-53,60-61,67-68,88-89H,11-13,22-29,34,37-38,71H2,1-10H3,(H,72,85)(H,73,84)(H,74,82)(H,75,83)(H,76,81)/t43-,52+,53+,60-,61-,67+,68+/m1/s1. The van der Waals surface area contributed by atoms with Gasteiger partial charge in [-0.25, -0.2) is 19.4 Å². The molecule has 9 amide bonds. The van der Waals surface area contributed by atoms with E-state index in [0.717, 1.165) is 20.9 Å². The van der Waals surface area contributed by atoms with Crippen LogP contribution in [0.25, 0.3) is 0 Å². The summed E-state index contributed by atoms with van der Waals surface area (Å²) in [6.45, 7) is 12.5. The van der Waals surface area contributed by atoms with Gasteiger partial charge < -0.3 is 90.2 Å². The van der Waals surface area contributed by atoms with Crippen LogP contribution in [0.15, 0.2) is 96.3 Å². The third-order valence-corrected chi connectivity index (χ3v) is 17.0. The van der Waals surface area contributed by atoms with Crippen molar-refractivity contribution in [3.63, 3.8) is 0 Å². The van der Waals surface area contributed by atoms with E-state index >= 15 is 0 Å². The average molecular weight is 1380 g/mol. The lowest BCUT2D eigenvalue weighted by atomic mass is 10.0. The summed E-state index contributed by atoms with van der Waals surface area (Å²) in [5.74, 6) is -3.03. The third kappa shape index (κ3) is 18.9. The lowest BCUT2D eigenvalue weighted by Gasteiger charge is -2.31. The molecular weight excluding hydrogens is 1280 g/mol. The molecule has 0 saturated carbocycles. The van der Waals surface area contributed by atoms with Crippen LogP contribution in [-0.4, -0.2) is 177 Å². The number of aliphatic hydroxyl groups is 2. The normalized spacial score (nSPS) is 17.8. The molecule has 0 unspecified atom stereocenters. The van der Waals surface area contributed by atoms with Gasteiger partial charge in [-0.05, 0) is 112 Å². The lowest BCUT2D eigenvalue weighted by molar-refractivity contribution is -0.131. The Bertz CT molecular complexity index is 3660. The first-order valence-corrected chi connectivity index (χ1v) is 32.8. The summed E-state index contributed by atoms with van der Waals surface area (Å²) in [5, 5.41) is 37.3. The Morgan fingerprint density at radius 1 is 0.566 bits per heavy atom. The van der Waals surface area contributed by atoms with Crippen LogP contribution in [0.4, 0.5) is 32.3 Å². The van der Waals surface area contributed by atoms with Crippen molar-refractivity contribution in [2.75, 3.05) is 81.3 Å². The third-order valence-electron chi connectivity index (χ3n) is 17.0. The number of fused-ring (bicyclic) bond motifs is 4. The first kappa shape index (κ1) is 75.0. The van der Waals surface area contributed by atoms with Crippen LogP contribution in [0.3, 0.4) is 0 Å². The van der Waals surface area contributed by atoms with Crippen molar-refractivity contribution < 1.29 is 91.3 Å². The van der Waals surface area contributed by atoms with E-state index in [1.54, 1.807) is 88.6 Å². The van der Waals surface area contributed by atoms with Crippen LogP contribution < -0.4 is 61.1 Å². The summed E-state index contributed by atoms with van der Waals surface area (Å²) in [7, 11) is 4.36. The van der Waals surface area contributed by atoms with Crippen molar-refractivity contribution in [1.82, 2.24) is 25.8 Å². The number of hydrogen-bond donors (Lipinski definition) is 8. The quantitative estimate of drug-likeness (QED) is 0.0260. The number of carbonyl (C=O) groups is 9. The summed E-state index contributed by atoms with van der Waals surface area (Å²) in [4.78, 5) is 126. The van der Waals surface area contributed by atoms with Gasteiger partial charge in [-0.2, -0.15) is 0 Å². The number of anilines is 4. The Balaban J connectivity index is 0.871. The van der Waals surface area contributed by atoms with Gasteiger partial charge in [0.05, 0.1) is 94.4 Å². The maximum Gasteiger partial charge on any atom is 0.416 e. The Morgan fingerprint density at radius 2 is 1.05 bits per heavy atom. The smallest absolute Gasteiger partial charge is 0.416 e. The number of nitrogens with two attached hydrogens (primary N) is 1. The molecular formula is C70H90N10O19. The molecule has 4 aliphatic heterocycles. The molecule has 0 spiro atoms. The Hall–Kier alpha value is -9.81. The van der Waals surface area contributed by atoms with Crippen LogP contribution in [0.5, 0.6) is 23.0 Å². The van der Waals surface area contributed by atoms with E-state index in [1.165, 1.54) is 62.3 Å². The zero-order valence-electron chi connectivity index (χ0n) is 57.4. The second kappa shape index (κ2) is 34.6. The van der Waals surface area contributed by atoms with Gasteiger partial charge in [-0.15, -0.1) is 0 Å².